The molecule has 0 aliphatic rings. The van der Waals surface area contributed by atoms with Gasteiger partial charge in [0.2, 0.25) is 0 Å². The van der Waals surface area contributed by atoms with E-state index in [2.05, 4.69) is 10.0 Å². The van der Waals surface area contributed by atoms with Gasteiger partial charge >= 0.3 is 0 Å². The van der Waals surface area contributed by atoms with Crippen LogP contribution in [0.2, 0.25) is 0 Å². The molecule has 0 aliphatic carbocycles. The molecule has 0 bridgehead atoms. The van der Waals surface area contributed by atoms with E-state index in [1.807, 2.05) is 6.26 Å². The van der Waals surface area contributed by atoms with Crippen molar-refractivity contribution >= 4 is 20.9 Å². The zero-order valence-corrected chi connectivity index (χ0v) is 10.1. The molecule has 2 unspecified atom stereocenters. The van der Waals surface area contributed by atoms with Crippen molar-refractivity contribution < 1.29 is 40.8 Å². The van der Waals surface area contributed by atoms with Crippen molar-refractivity contribution in [3.8, 4) is 0 Å². The van der Waals surface area contributed by atoms with Gasteiger partial charge in [-0.3, -0.25) is 0 Å². The Kier molecular flexibility index (Phi) is 11.0. The number of rotatable bonds is 4. The molecule has 0 saturated heterocycles. The molecule has 6 heteroatoms. The van der Waals surface area contributed by atoms with Crippen LogP contribution in [-0.2, 0) is 0 Å². The molecule has 0 spiro atoms. The van der Waals surface area contributed by atoms with Crippen molar-refractivity contribution in [1.29, 1.82) is 1.28 Å². The fourth-order valence-electron chi connectivity index (χ4n) is 0.229. The molecule has 3 nitrogen and oxygen atoms in total. The molecule has 0 aliphatic heterocycles. The Bertz CT molecular complexity index is 120. The maximum absolute atomic E-state index is 7.98. The Labute approximate surface area is 95.4 Å². The van der Waals surface area contributed by atoms with E-state index in [1.54, 1.807) is 0 Å². The van der Waals surface area contributed by atoms with Crippen molar-refractivity contribution in [3.63, 3.8) is 0 Å². The molecule has 0 saturated carbocycles. The van der Waals surface area contributed by atoms with Crippen LogP contribution >= 0.6 is 20.9 Å². The first-order valence-corrected chi connectivity index (χ1v) is 4.06. The molecule has 0 aromatic heterocycles. The van der Waals surface area contributed by atoms with Crippen molar-refractivity contribution in [2.45, 2.75) is 5.37 Å². The summed E-state index contributed by atoms with van der Waals surface area (Å²) in [7, 11) is 0.119. The van der Waals surface area contributed by atoms with E-state index in [9.17, 15) is 0 Å². The summed E-state index contributed by atoms with van der Waals surface area (Å²) in [5, 5.41) is 3.43. The van der Waals surface area contributed by atoms with Crippen LogP contribution < -0.4 is 0 Å². The summed E-state index contributed by atoms with van der Waals surface area (Å²) in [6.45, 7) is 0. The molecule has 0 heterocycles. The van der Waals surface area contributed by atoms with Crippen molar-refractivity contribution in [3.05, 3.63) is 10.4 Å². The largest absolute Gasteiger partial charge is 0.156 e. The average molecular weight is 295 g/mol. The van der Waals surface area contributed by atoms with Gasteiger partial charge in [-0.1, -0.05) is 5.11 Å². The van der Waals surface area contributed by atoms with Crippen LogP contribution in [0.3, 0.4) is 0 Å². The van der Waals surface area contributed by atoms with Gasteiger partial charge in [0.25, 0.3) is 0 Å². The molecule has 0 radical (unpaired) electrons. The summed E-state index contributed by atoms with van der Waals surface area (Å²) >= 11 is 1.49. The predicted molar refractivity (Wildman–Crippen MR) is 41.0 cm³/mol. The molecule has 0 amide bonds. The van der Waals surface area contributed by atoms with Gasteiger partial charge in [0.15, 0.2) is 0 Å². The van der Waals surface area contributed by atoms with Crippen LogP contribution in [0.25, 0.3) is 10.4 Å². The van der Waals surface area contributed by atoms with Gasteiger partial charge in [-0.2, -0.15) is 11.8 Å². The monoisotopic (exact) mass is 293 g/mol. The van der Waals surface area contributed by atoms with Crippen LogP contribution in [0, 0.1) is 40.8 Å². The van der Waals surface area contributed by atoms with Crippen molar-refractivity contribution in [2.75, 3.05) is 12.4 Å². The van der Waals surface area contributed by atoms with E-state index >= 15 is 0 Å². The molecular weight excluding hydrogens is 285 g/mol. The number of hydrogen-bond donors (Lipinski definition) is 0. The third kappa shape index (κ3) is 7.34. The fourth-order valence-corrected chi connectivity index (χ4v) is 1.11. The number of hydrogen-bond acceptors (Lipinski definition) is 2. The normalized spacial score (nSPS) is 13.7. The smallest absolute Gasteiger partial charge is 0.0865 e. The quantitative estimate of drug-likeness (QED) is 0.338. The first kappa shape index (κ1) is 10.4. The molecule has 0 aromatic carbocycles. The van der Waals surface area contributed by atoms with Crippen LogP contribution in [0.4, 0.5) is 0 Å². The van der Waals surface area contributed by atoms with Gasteiger partial charge in [-0.15, -0.1) is 9.18 Å². The first-order chi connectivity index (χ1) is 4.35. The van der Waals surface area contributed by atoms with Gasteiger partial charge < -0.3 is 0 Å². The van der Waals surface area contributed by atoms with E-state index in [4.69, 9.17) is 6.81 Å². The van der Waals surface area contributed by atoms with Gasteiger partial charge in [-0.25, -0.2) is 0 Å². The topological polar surface area (TPSA) is 48.8 Å². The minimum Gasteiger partial charge on any atom is -0.156 e. The Hall–Kier alpha value is 1.44. The second kappa shape index (κ2) is 9.44. The molecule has 0 rings (SSSR count). The number of azide groups is 1. The Balaban J connectivity index is 0. The van der Waals surface area contributed by atoms with Crippen LogP contribution in [0.1, 0.15) is 0 Å². The molecule has 0 N–H and O–H groups in total. The third-order valence-corrected chi connectivity index (χ3v) is 2.11. The second-order valence-electron chi connectivity index (χ2n) is 1.10. The van der Waals surface area contributed by atoms with E-state index in [0.29, 0.717) is 6.16 Å². The Morgan fingerprint density at radius 2 is 2.78 bits per heavy atom. The van der Waals surface area contributed by atoms with Gasteiger partial charge in [-0.05, 0) is 17.9 Å². The second-order valence-corrected chi connectivity index (χ2v) is 2.52. The van der Waals surface area contributed by atoms with E-state index in [-0.39, 0.29) is 55.4 Å². The summed E-state index contributed by atoms with van der Waals surface area (Å²) in [5.41, 5.74) is 7.98. The average Bonchev–Trinajstić information content (AvgIpc) is 1.88. The molecule has 50 valence electrons. The van der Waals surface area contributed by atoms with E-state index < -0.39 is 0 Å². The zero-order valence-electron chi connectivity index (χ0n) is 6.03. The minimum absolute atomic E-state index is 0. The van der Waals surface area contributed by atoms with E-state index in [0.717, 1.165) is 0 Å². The maximum atomic E-state index is 7.98. The Morgan fingerprint density at radius 3 is 3.11 bits per heavy atom. The van der Waals surface area contributed by atoms with Crippen molar-refractivity contribution in [1.82, 2.24) is 0 Å². The zero-order chi connectivity index (χ0) is 7.11. The fraction of sp³-hybridized carbons (Fsp3) is 1.00. The third-order valence-electron chi connectivity index (χ3n) is 0.627. The van der Waals surface area contributed by atoms with E-state index in [1.165, 1.54) is 11.8 Å². The SMILES string of the molecule is [3H]PCC(N=[N+]=[N-])SC.[Nd]. The summed E-state index contributed by atoms with van der Waals surface area (Å²) in [4.78, 5) is 2.65. The predicted octanol–water partition coefficient (Wildman–Crippen LogP) is 1.86. The summed E-state index contributed by atoms with van der Waals surface area (Å²) in [5.74, 6) is 0. The molecule has 0 fully saturated rings. The number of thioether (sulfide) groups is 1. The first-order valence-electron chi connectivity index (χ1n) is 2.56. The maximum Gasteiger partial charge on any atom is 0.0865 e. The Morgan fingerprint density at radius 1 is 2.11 bits per heavy atom. The molecular formula is C3H8N3NdPS. The van der Waals surface area contributed by atoms with Crippen LogP contribution in [0.15, 0.2) is 5.11 Å². The van der Waals surface area contributed by atoms with Crippen LogP contribution in [0.5, 0.6) is 0 Å². The van der Waals surface area contributed by atoms with Gasteiger partial charge in [0, 0.05) is 45.8 Å². The minimum atomic E-state index is -0.0363. The summed E-state index contributed by atoms with van der Waals surface area (Å²) in [6, 6.07) is 0. The van der Waals surface area contributed by atoms with Gasteiger partial charge in [0.1, 0.15) is 0 Å². The standard InChI is InChI=1S/C3H8N3PS.Nd/c1-8-3(2-7)5-6-4;/h3H,2,7H2,1H3;/i7T;. The molecule has 2 atom stereocenters. The summed E-state index contributed by atoms with van der Waals surface area (Å²) in [6.07, 6.45) is 2.55. The summed E-state index contributed by atoms with van der Waals surface area (Å²) < 4.78 is 6.85. The van der Waals surface area contributed by atoms with Crippen molar-refractivity contribution in [2.24, 2.45) is 5.11 Å². The van der Waals surface area contributed by atoms with Gasteiger partial charge in [0.05, 0.1) is 6.65 Å². The molecule has 0 aromatic rings. The number of nitrogens with zero attached hydrogens (tertiary/aromatic N) is 3. The van der Waals surface area contributed by atoms with Crippen LogP contribution in [-0.4, -0.2) is 19.1 Å². The molecule has 9 heavy (non-hydrogen) atoms.